The topological polar surface area (TPSA) is 18.5 Å². The summed E-state index contributed by atoms with van der Waals surface area (Å²) < 4.78 is 13.1. The van der Waals surface area contributed by atoms with Crippen LogP contribution in [0.2, 0.25) is 0 Å². The molecule has 20 heavy (non-hydrogen) atoms. The third-order valence-electron chi connectivity index (χ3n) is 3.25. The highest BCUT2D eigenvalue weighted by molar-refractivity contribution is 9.10. The first-order chi connectivity index (χ1) is 9.47. The lowest BCUT2D eigenvalue weighted by Gasteiger charge is -2.15. The lowest BCUT2D eigenvalue weighted by Crippen LogP contribution is -1.94. The monoisotopic (exact) mass is 398 g/mol. The Morgan fingerprint density at radius 1 is 0.700 bits per heavy atom. The zero-order chi connectivity index (χ0) is 14.9. The predicted molar refractivity (Wildman–Crippen MR) is 89.9 cm³/mol. The van der Waals surface area contributed by atoms with E-state index in [-0.39, 0.29) is 0 Å². The molecule has 4 heteroatoms. The Labute approximate surface area is 136 Å². The fraction of sp³-hybridized carbons (Fsp3) is 0.250. The highest BCUT2D eigenvalue weighted by Gasteiger charge is 2.15. The van der Waals surface area contributed by atoms with E-state index in [2.05, 4.69) is 44.0 Å². The number of hydrogen-bond acceptors (Lipinski definition) is 2. The Bertz CT molecular complexity index is 594. The van der Waals surface area contributed by atoms with Gasteiger partial charge < -0.3 is 9.47 Å². The maximum absolute atomic E-state index is 5.51. The first-order valence-corrected chi connectivity index (χ1v) is 7.75. The maximum atomic E-state index is 5.51. The summed E-state index contributed by atoms with van der Waals surface area (Å²) in [5.74, 6) is 1.67. The van der Waals surface area contributed by atoms with Gasteiger partial charge in [0.25, 0.3) is 0 Å². The smallest absolute Gasteiger partial charge is 0.127 e. The summed E-state index contributed by atoms with van der Waals surface area (Å²) >= 11 is 7.16. The summed E-state index contributed by atoms with van der Waals surface area (Å²) in [6.45, 7) is 4.08. The molecule has 0 aromatic heterocycles. The zero-order valence-corrected chi connectivity index (χ0v) is 15.1. The highest BCUT2D eigenvalue weighted by Crippen LogP contribution is 2.41. The predicted octanol–water partition coefficient (Wildman–Crippen LogP) is 5.51. The Morgan fingerprint density at radius 3 is 1.35 bits per heavy atom. The lowest BCUT2D eigenvalue weighted by atomic mass is 10.0. The molecule has 2 aromatic carbocycles. The Morgan fingerprint density at radius 2 is 1.05 bits per heavy atom. The van der Waals surface area contributed by atoms with Gasteiger partial charge >= 0.3 is 0 Å². The Kier molecular flexibility index (Phi) is 4.76. The van der Waals surface area contributed by atoms with Crippen molar-refractivity contribution in [3.63, 3.8) is 0 Å². The van der Waals surface area contributed by atoms with Crippen molar-refractivity contribution >= 4 is 31.9 Å². The zero-order valence-electron chi connectivity index (χ0n) is 11.9. The van der Waals surface area contributed by atoms with Gasteiger partial charge in [-0.2, -0.15) is 0 Å². The van der Waals surface area contributed by atoms with Crippen LogP contribution >= 0.6 is 31.9 Å². The van der Waals surface area contributed by atoms with Crippen LogP contribution in [-0.2, 0) is 0 Å². The van der Waals surface area contributed by atoms with Crippen molar-refractivity contribution in [1.82, 2.24) is 0 Å². The number of halogens is 2. The fourth-order valence-corrected chi connectivity index (χ4v) is 2.76. The summed E-state index contributed by atoms with van der Waals surface area (Å²) in [6.07, 6.45) is 0. The number of aryl methyl sites for hydroxylation is 2. The molecular formula is C16H16Br2O2. The van der Waals surface area contributed by atoms with Gasteiger partial charge in [0.1, 0.15) is 11.5 Å². The van der Waals surface area contributed by atoms with E-state index in [9.17, 15) is 0 Å². The summed E-state index contributed by atoms with van der Waals surface area (Å²) in [5.41, 5.74) is 4.27. The van der Waals surface area contributed by atoms with E-state index >= 15 is 0 Å². The number of methoxy groups -OCH3 is 2. The van der Waals surface area contributed by atoms with Crippen molar-refractivity contribution in [3.8, 4) is 22.6 Å². The van der Waals surface area contributed by atoms with Crippen molar-refractivity contribution in [2.75, 3.05) is 14.2 Å². The standard InChI is InChI=1S/C16H16Br2O2/c1-9-5-15(19-3)11(7-13(9)17)12-8-14(18)10(2)6-16(12)20-4/h5-8H,1-4H3. The van der Waals surface area contributed by atoms with Crippen LogP contribution < -0.4 is 9.47 Å². The Balaban J connectivity index is 2.73. The maximum Gasteiger partial charge on any atom is 0.127 e. The molecule has 2 aromatic rings. The molecule has 0 heterocycles. The minimum Gasteiger partial charge on any atom is -0.496 e. The average Bonchev–Trinajstić information content (AvgIpc) is 2.43. The average molecular weight is 400 g/mol. The largest absolute Gasteiger partial charge is 0.496 e. The van der Waals surface area contributed by atoms with Crippen LogP contribution in [0.15, 0.2) is 33.2 Å². The summed E-state index contributed by atoms with van der Waals surface area (Å²) in [7, 11) is 3.36. The van der Waals surface area contributed by atoms with Gasteiger partial charge in [0, 0.05) is 20.1 Å². The van der Waals surface area contributed by atoms with Crippen LogP contribution in [0.3, 0.4) is 0 Å². The number of benzene rings is 2. The van der Waals surface area contributed by atoms with Crippen LogP contribution in [0.5, 0.6) is 11.5 Å². The van der Waals surface area contributed by atoms with Gasteiger partial charge in [-0.05, 0) is 49.2 Å². The molecule has 0 saturated heterocycles. The first-order valence-electron chi connectivity index (χ1n) is 6.16. The van der Waals surface area contributed by atoms with Gasteiger partial charge in [0.15, 0.2) is 0 Å². The molecule has 2 rings (SSSR count). The SMILES string of the molecule is COc1cc(C)c(Br)cc1-c1cc(Br)c(C)cc1OC. The molecule has 2 nitrogen and oxygen atoms in total. The van der Waals surface area contributed by atoms with Crippen LogP contribution in [0, 0.1) is 13.8 Å². The van der Waals surface area contributed by atoms with Gasteiger partial charge in [0.2, 0.25) is 0 Å². The Hall–Kier alpha value is -1.00. The van der Waals surface area contributed by atoms with E-state index in [4.69, 9.17) is 9.47 Å². The third-order valence-corrected chi connectivity index (χ3v) is 4.96. The van der Waals surface area contributed by atoms with Gasteiger partial charge in [-0.25, -0.2) is 0 Å². The van der Waals surface area contributed by atoms with Crippen LogP contribution in [0.1, 0.15) is 11.1 Å². The van der Waals surface area contributed by atoms with Crippen molar-refractivity contribution in [2.45, 2.75) is 13.8 Å². The van der Waals surface area contributed by atoms with Crippen molar-refractivity contribution in [2.24, 2.45) is 0 Å². The van der Waals surface area contributed by atoms with E-state index in [1.54, 1.807) is 14.2 Å². The quantitative estimate of drug-likeness (QED) is 0.677. The molecule has 0 spiro atoms. The van der Waals surface area contributed by atoms with Crippen molar-refractivity contribution in [3.05, 3.63) is 44.3 Å². The number of hydrogen-bond donors (Lipinski definition) is 0. The second kappa shape index (κ2) is 6.19. The van der Waals surface area contributed by atoms with E-state index < -0.39 is 0 Å². The molecule has 0 aliphatic rings. The van der Waals surface area contributed by atoms with Gasteiger partial charge in [-0.15, -0.1) is 0 Å². The minimum absolute atomic E-state index is 0.833. The first kappa shape index (κ1) is 15.4. The van der Waals surface area contributed by atoms with E-state index in [0.717, 1.165) is 42.7 Å². The summed E-state index contributed by atoms with van der Waals surface area (Å²) in [4.78, 5) is 0. The normalized spacial score (nSPS) is 10.5. The van der Waals surface area contributed by atoms with E-state index in [0.29, 0.717) is 0 Å². The molecule has 0 atom stereocenters. The van der Waals surface area contributed by atoms with Crippen LogP contribution in [0.4, 0.5) is 0 Å². The molecule has 0 unspecified atom stereocenters. The molecule has 0 saturated carbocycles. The molecule has 0 fully saturated rings. The minimum atomic E-state index is 0.833. The van der Waals surface area contributed by atoms with E-state index in [1.165, 1.54) is 0 Å². The van der Waals surface area contributed by atoms with Gasteiger partial charge in [0.05, 0.1) is 14.2 Å². The van der Waals surface area contributed by atoms with Crippen LogP contribution in [0.25, 0.3) is 11.1 Å². The molecule has 0 radical (unpaired) electrons. The fourth-order valence-electron chi connectivity index (χ4n) is 2.07. The summed E-state index contributed by atoms with van der Waals surface area (Å²) in [5, 5.41) is 0. The highest BCUT2D eigenvalue weighted by atomic mass is 79.9. The van der Waals surface area contributed by atoms with Gasteiger partial charge in [-0.1, -0.05) is 31.9 Å². The molecular weight excluding hydrogens is 384 g/mol. The molecule has 106 valence electrons. The van der Waals surface area contributed by atoms with E-state index in [1.807, 2.05) is 26.0 Å². The third kappa shape index (κ3) is 2.86. The van der Waals surface area contributed by atoms with Crippen molar-refractivity contribution < 1.29 is 9.47 Å². The molecule has 0 aliphatic heterocycles. The number of ether oxygens (including phenoxy) is 2. The summed E-state index contributed by atoms with van der Waals surface area (Å²) in [6, 6.07) is 8.17. The van der Waals surface area contributed by atoms with Gasteiger partial charge in [-0.3, -0.25) is 0 Å². The second-order valence-corrected chi connectivity index (χ2v) is 6.31. The molecule has 0 N–H and O–H groups in total. The van der Waals surface area contributed by atoms with Crippen LogP contribution in [-0.4, -0.2) is 14.2 Å². The molecule has 0 bridgehead atoms. The molecule has 0 amide bonds. The van der Waals surface area contributed by atoms with Crippen molar-refractivity contribution in [1.29, 1.82) is 0 Å². The molecule has 0 aliphatic carbocycles. The second-order valence-electron chi connectivity index (χ2n) is 4.60. The lowest BCUT2D eigenvalue weighted by molar-refractivity contribution is 0.410. The number of rotatable bonds is 3.